The molecule has 1 heterocycles. The van der Waals surface area contributed by atoms with Gasteiger partial charge < -0.3 is 13.9 Å². The van der Waals surface area contributed by atoms with Crippen LogP contribution in [0.4, 0.5) is 0 Å². The van der Waals surface area contributed by atoms with Crippen molar-refractivity contribution in [1.29, 1.82) is 0 Å². The largest absolute Gasteiger partial charge is 0.464 e. The maximum atomic E-state index is 11.3. The fraction of sp³-hybridized carbons (Fsp3) is 0.444. The molecule has 0 atom stereocenters. The number of oxazole rings is 1. The monoisotopic (exact) mass is 277 g/mol. The third-order valence-corrected chi connectivity index (χ3v) is 2.58. The van der Waals surface area contributed by atoms with Gasteiger partial charge in [-0.3, -0.25) is 0 Å². The lowest BCUT2D eigenvalue weighted by Crippen LogP contribution is -2.10. The van der Waals surface area contributed by atoms with E-state index in [-0.39, 0.29) is 5.89 Å². The average molecular weight is 277 g/mol. The second kappa shape index (κ2) is 5.17. The molecule has 0 aliphatic carbocycles. The summed E-state index contributed by atoms with van der Waals surface area (Å²) in [6.07, 6.45) is 0.965. The topological polar surface area (TPSA) is 113 Å². The molecule has 0 N–H and O–H groups in total. The molecule has 0 fully saturated rings. The van der Waals surface area contributed by atoms with E-state index in [0.29, 0.717) is 0 Å². The summed E-state index contributed by atoms with van der Waals surface area (Å²) in [6, 6.07) is 0. The summed E-state index contributed by atoms with van der Waals surface area (Å²) in [5, 5.41) is 0. The van der Waals surface area contributed by atoms with Crippen LogP contribution in [0.25, 0.3) is 0 Å². The second-order valence-corrected chi connectivity index (χ2v) is 5.48. The van der Waals surface area contributed by atoms with E-state index >= 15 is 0 Å². The Kier molecular flexibility index (Phi) is 4.07. The predicted octanol–water partition coefficient (Wildman–Crippen LogP) is -0.208. The number of hydrogen-bond donors (Lipinski definition) is 0. The zero-order chi connectivity index (χ0) is 13.9. The second-order valence-electron chi connectivity index (χ2n) is 3.34. The maximum Gasteiger partial charge on any atom is 0.376 e. The van der Waals surface area contributed by atoms with E-state index in [1.54, 1.807) is 0 Å². The van der Waals surface area contributed by atoms with E-state index in [0.717, 1.165) is 20.5 Å². The number of carbonyl (C=O) groups excluding carboxylic acids is 2. The highest BCUT2D eigenvalue weighted by molar-refractivity contribution is 7.89. The average Bonchev–Trinajstić information content (AvgIpc) is 2.68. The van der Waals surface area contributed by atoms with Crippen LogP contribution in [-0.2, 0) is 25.1 Å². The number of ether oxygens (including phenoxy) is 2. The number of carbonyl (C=O) groups is 2. The maximum absolute atomic E-state index is 11.3. The lowest BCUT2D eigenvalue weighted by atomic mass is 10.3. The fourth-order valence-electron chi connectivity index (χ4n) is 1.12. The normalized spacial score (nSPS) is 11.1. The van der Waals surface area contributed by atoms with E-state index in [9.17, 15) is 18.0 Å². The van der Waals surface area contributed by atoms with Gasteiger partial charge >= 0.3 is 11.9 Å². The number of methoxy groups -OCH3 is 2. The Labute approximate surface area is 103 Å². The van der Waals surface area contributed by atoms with E-state index in [2.05, 4.69) is 14.5 Å². The number of nitrogens with zero attached hydrogens (tertiary/aromatic N) is 1. The van der Waals surface area contributed by atoms with Crippen molar-refractivity contribution in [1.82, 2.24) is 4.98 Å². The molecule has 1 aromatic heterocycles. The molecular weight excluding hydrogens is 266 g/mol. The van der Waals surface area contributed by atoms with Gasteiger partial charge in [0.1, 0.15) is 5.75 Å². The standard InChI is InChI=1S/C9H11NO7S/c1-15-8(11)6-7(9(12)16-2)17-5(10-6)4-18(3,13)14/h4H2,1-3H3. The first kappa shape index (κ1) is 14.2. The highest BCUT2D eigenvalue weighted by Gasteiger charge is 2.27. The Hall–Kier alpha value is -1.90. The Balaban J connectivity index is 3.23. The van der Waals surface area contributed by atoms with Crippen LogP contribution in [0.15, 0.2) is 4.42 Å². The number of esters is 2. The van der Waals surface area contributed by atoms with E-state index < -0.39 is 39.0 Å². The van der Waals surface area contributed by atoms with Crippen LogP contribution < -0.4 is 0 Å². The molecule has 0 bridgehead atoms. The van der Waals surface area contributed by atoms with Crippen molar-refractivity contribution in [3.63, 3.8) is 0 Å². The molecule has 18 heavy (non-hydrogen) atoms. The lowest BCUT2D eigenvalue weighted by molar-refractivity contribution is 0.0526. The van der Waals surface area contributed by atoms with Crippen LogP contribution >= 0.6 is 0 Å². The Bertz CT molecular complexity index is 538. The summed E-state index contributed by atoms with van der Waals surface area (Å²) >= 11 is 0. The van der Waals surface area contributed by atoms with Crippen molar-refractivity contribution in [2.24, 2.45) is 0 Å². The van der Waals surface area contributed by atoms with Crippen molar-refractivity contribution in [3.05, 3.63) is 17.3 Å². The summed E-state index contributed by atoms with van der Waals surface area (Å²) in [5.41, 5.74) is -0.414. The Morgan fingerprint density at radius 2 is 1.78 bits per heavy atom. The quantitative estimate of drug-likeness (QED) is 0.695. The molecule has 100 valence electrons. The predicted molar refractivity (Wildman–Crippen MR) is 57.7 cm³/mol. The number of rotatable bonds is 4. The number of hydrogen-bond acceptors (Lipinski definition) is 8. The van der Waals surface area contributed by atoms with Crippen molar-refractivity contribution in [2.75, 3.05) is 20.5 Å². The van der Waals surface area contributed by atoms with E-state index in [1.165, 1.54) is 0 Å². The Morgan fingerprint density at radius 3 is 2.22 bits per heavy atom. The first-order chi connectivity index (χ1) is 8.28. The van der Waals surface area contributed by atoms with Crippen LogP contribution in [0.3, 0.4) is 0 Å². The molecule has 0 aromatic carbocycles. The molecule has 0 spiro atoms. The van der Waals surface area contributed by atoms with Crippen LogP contribution in [0, 0.1) is 0 Å². The molecule has 0 unspecified atom stereocenters. The molecule has 0 saturated heterocycles. The first-order valence-corrected chi connectivity index (χ1v) is 6.68. The van der Waals surface area contributed by atoms with Gasteiger partial charge in [-0.2, -0.15) is 0 Å². The zero-order valence-electron chi connectivity index (χ0n) is 9.92. The van der Waals surface area contributed by atoms with Gasteiger partial charge in [0.15, 0.2) is 9.84 Å². The van der Waals surface area contributed by atoms with Crippen LogP contribution in [0.2, 0.25) is 0 Å². The van der Waals surface area contributed by atoms with Gasteiger partial charge in [-0.15, -0.1) is 0 Å². The first-order valence-electron chi connectivity index (χ1n) is 4.62. The minimum Gasteiger partial charge on any atom is -0.464 e. The van der Waals surface area contributed by atoms with Crippen LogP contribution in [0.5, 0.6) is 0 Å². The van der Waals surface area contributed by atoms with Crippen LogP contribution in [0.1, 0.15) is 26.9 Å². The highest BCUT2D eigenvalue weighted by Crippen LogP contribution is 2.15. The molecule has 0 radical (unpaired) electrons. The van der Waals surface area contributed by atoms with Crippen molar-refractivity contribution < 1.29 is 31.9 Å². The van der Waals surface area contributed by atoms with Crippen molar-refractivity contribution >= 4 is 21.8 Å². The minimum atomic E-state index is -3.41. The Morgan fingerprint density at radius 1 is 1.22 bits per heavy atom. The molecule has 1 rings (SSSR count). The molecular formula is C9H11NO7S. The van der Waals surface area contributed by atoms with Crippen molar-refractivity contribution in [2.45, 2.75) is 5.75 Å². The third kappa shape index (κ3) is 3.29. The summed E-state index contributed by atoms with van der Waals surface area (Å²) in [4.78, 5) is 26.3. The van der Waals surface area contributed by atoms with Gasteiger partial charge in [-0.05, 0) is 0 Å². The van der Waals surface area contributed by atoms with Crippen LogP contribution in [-0.4, -0.2) is 45.8 Å². The SMILES string of the molecule is COC(=O)c1nc(CS(C)(=O)=O)oc1C(=O)OC. The van der Waals surface area contributed by atoms with Gasteiger partial charge in [0.2, 0.25) is 17.3 Å². The summed E-state index contributed by atoms with van der Waals surface area (Å²) in [7, 11) is -1.23. The summed E-state index contributed by atoms with van der Waals surface area (Å²) in [5.74, 6) is -3.16. The van der Waals surface area contributed by atoms with Gasteiger partial charge in [0.05, 0.1) is 14.2 Å². The zero-order valence-corrected chi connectivity index (χ0v) is 10.7. The highest BCUT2D eigenvalue weighted by atomic mass is 32.2. The molecule has 0 aliphatic heterocycles. The smallest absolute Gasteiger partial charge is 0.376 e. The minimum absolute atomic E-state index is 0.279. The lowest BCUT2D eigenvalue weighted by Gasteiger charge is -1.96. The van der Waals surface area contributed by atoms with Gasteiger partial charge in [-0.1, -0.05) is 0 Å². The summed E-state index contributed by atoms with van der Waals surface area (Å²) in [6.45, 7) is 0. The summed E-state index contributed by atoms with van der Waals surface area (Å²) < 4.78 is 35.8. The fourth-order valence-corrected chi connectivity index (χ4v) is 1.69. The van der Waals surface area contributed by atoms with Gasteiger partial charge in [0.25, 0.3) is 0 Å². The number of sulfone groups is 1. The molecule has 0 aliphatic rings. The van der Waals surface area contributed by atoms with Gasteiger partial charge in [-0.25, -0.2) is 23.0 Å². The van der Waals surface area contributed by atoms with E-state index in [4.69, 9.17) is 4.42 Å². The molecule has 8 nitrogen and oxygen atoms in total. The molecule has 9 heteroatoms. The molecule has 0 saturated carbocycles. The van der Waals surface area contributed by atoms with Gasteiger partial charge in [0, 0.05) is 6.26 Å². The van der Waals surface area contributed by atoms with Crippen molar-refractivity contribution in [3.8, 4) is 0 Å². The van der Waals surface area contributed by atoms with E-state index in [1.807, 2.05) is 0 Å². The molecule has 0 amide bonds. The third-order valence-electron chi connectivity index (χ3n) is 1.81. The molecule has 1 aromatic rings. The number of aromatic nitrogens is 1.